The number of rotatable bonds is 7. The van der Waals surface area contributed by atoms with Gasteiger partial charge >= 0.3 is 0 Å². The summed E-state index contributed by atoms with van der Waals surface area (Å²) < 4.78 is 1.47. The Morgan fingerprint density at radius 3 is 2.21 bits per heavy atom. The zero-order chi connectivity index (χ0) is 20.8. The molecule has 2 aromatic carbocycles. The summed E-state index contributed by atoms with van der Waals surface area (Å²) in [5.41, 5.74) is 1.27. The van der Waals surface area contributed by atoms with Gasteiger partial charge in [0.25, 0.3) is 0 Å². The number of halogens is 1. The monoisotopic (exact) mass is 429 g/mol. The molecule has 0 radical (unpaired) electrons. The summed E-state index contributed by atoms with van der Waals surface area (Å²) in [4.78, 5) is 29.4. The summed E-state index contributed by atoms with van der Waals surface area (Å²) in [5.74, 6) is -0.344. The van der Waals surface area contributed by atoms with Crippen LogP contribution in [0.4, 0.5) is 11.4 Å². The second-order valence-corrected chi connectivity index (χ2v) is 8.09. The predicted octanol–water partition coefficient (Wildman–Crippen LogP) is 4.25. The largest absolute Gasteiger partial charge is 0.325 e. The van der Waals surface area contributed by atoms with E-state index in [1.165, 1.54) is 29.1 Å². The second-order valence-electron chi connectivity index (χ2n) is 6.30. The topological polar surface area (TPSA) is 88.9 Å². The smallest absolute Gasteiger partial charge is 0.249 e. The molecule has 2 atom stereocenters. The molecule has 2 amide bonds. The number of anilines is 2. The quantitative estimate of drug-likeness (QED) is 0.548. The first-order valence-corrected chi connectivity index (χ1v) is 10.2. The van der Waals surface area contributed by atoms with Gasteiger partial charge < -0.3 is 10.6 Å². The van der Waals surface area contributed by atoms with E-state index in [9.17, 15) is 9.59 Å². The lowest BCUT2D eigenvalue weighted by atomic mass is 10.2. The minimum atomic E-state index is -0.487. The fourth-order valence-electron chi connectivity index (χ4n) is 2.45. The summed E-state index contributed by atoms with van der Waals surface area (Å²) in [6, 6.07) is 13.9. The molecular weight excluding hydrogens is 410 g/mol. The van der Waals surface area contributed by atoms with Gasteiger partial charge in [-0.15, -0.1) is 11.8 Å². The van der Waals surface area contributed by atoms with Crippen molar-refractivity contribution < 1.29 is 9.59 Å². The van der Waals surface area contributed by atoms with Crippen LogP contribution in [0.25, 0.3) is 0 Å². The molecule has 0 fully saturated rings. The Balaban J connectivity index is 1.55. The van der Waals surface area contributed by atoms with Gasteiger partial charge in [0.15, 0.2) is 0 Å². The summed E-state index contributed by atoms with van der Waals surface area (Å²) >= 11 is 7.55. The average Bonchev–Trinajstić information content (AvgIpc) is 3.25. The van der Waals surface area contributed by atoms with Gasteiger partial charge in [-0.05, 0) is 50.2 Å². The first kappa shape index (κ1) is 20.9. The number of benzene rings is 2. The number of amides is 2. The molecule has 150 valence electrons. The van der Waals surface area contributed by atoms with E-state index >= 15 is 0 Å². The highest BCUT2D eigenvalue weighted by Crippen LogP contribution is 2.30. The highest BCUT2D eigenvalue weighted by molar-refractivity contribution is 8.00. The first-order valence-electron chi connectivity index (χ1n) is 8.91. The molecule has 3 aromatic rings. The molecular formula is C20H20ClN5O2S. The molecule has 7 nitrogen and oxygen atoms in total. The van der Waals surface area contributed by atoms with E-state index in [0.29, 0.717) is 16.4 Å². The lowest BCUT2D eigenvalue weighted by Crippen LogP contribution is -2.24. The zero-order valence-electron chi connectivity index (χ0n) is 15.9. The molecule has 0 aliphatic heterocycles. The van der Waals surface area contributed by atoms with Crippen LogP contribution >= 0.6 is 23.4 Å². The van der Waals surface area contributed by atoms with Crippen LogP contribution in [0.3, 0.4) is 0 Å². The van der Waals surface area contributed by atoms with Crippen LogP contribution in [0.5, 0.6) is 0 Å². The van der Waals surface area contributed by atoms with Crippen molar-refractivity contribution in [3.63, 3.8) is 0 Å². The van der Waals surface area contributed by atoms with Crippen LogP contribution < -0.4 is 10.6 Å². The van der Waals surface area contributed by atoms with E-state index in [0.717, 1.165) is 4.90 Å². The van der Waals surface area contributed by atoms with Gasteiger partial charge in [-0.25, -0.2) is 9.67 Å². The van der Waals surface area contributed by atoms with Crippen molar-refractivity contribution in [3.05, 3.63) is 66.2 Å². The number of carbonyl (C=O) groups excluding carboxylic acids is 2. The highest BCUT2D eigenvalue weighted by atomic mass is 35.5. The molecule has 0 saturated carbocycles. The fraction of sp³-hybridized carbons (Fsp3) is 0.200. The third kappa shape index (κ3) is 5.58. The Morgan fingerprint density at radius 2 is 1.62 bits per heavy atom. The second kappa shape index (κ2) is 9.58. The van der Waals surface area contributed by atoms with Gasteiger partial charge in [0.05, 0.1) is 10.3 Å². The Bertz CT molecular complexity index is 979. The van der Waals surface area contributed by atoms with Crippen molar-refractivity contribution in [3.8, 4) is 0 Å². The Hall–Kier alpha value is -2.84. The van der Waals surface area contributed by atoms with Crippen molar-refractivity contribution in [2.45, 2.75) is 30.0 Å². The highest BCUT2D eigenvalue weighted by Gasteiger charge is 2.17. The van der Waals surface area contributed by atoms with Gasteiger partial charge in [0.1, 0.15) is 18.7 Å². The van der Waals surface area contributed by atoms with E-state index in [4.69, 9.17) is 11.6 Å². The van der Waals surface area contributed by atoms with E-state index in [2.05, 4.69) is 20.7 Å². The minimum absolute atomic E-state index is 0.133. The van der Waals surface area contributed by atoms with Crippen LogP contribution in [0, 0.1) is 0 Å². The molecule has 29 heavy (non-hydrogen) atoms. The van der Waals surface area contributed by atoms with Gasteiger partial charge in [-0.2, -0.15) is 5.10 Å². The van der Waals surface area contributed by atoms with Gasteiger partial charge in [0.2, 0.25) is 11.8 Å². The standard InChI is InChI=1S/C20H20ClN5O2S/c1-13(26-12-22-11-23-26)19(27)24-15-7-9-16(10-8-15)25-20(28)14(2)29-18-6-4-3-5-17(18)21/h3-14H,1-2H3,(H,24,27)(H,25,28). The first-order chi connectivity index (χ1) is 13.9. The SMILES string of the molecule is CC(Sc1ccccc1Cl)C(=O)Nc1ccc(NC(=O)C(C)n2cncn2)cc1. The summed E-state index contributed by atoms with van der Waals surface area (Å²) in [7, 11) is 0. The average molecular weight is 430 g/mol. The fourth-order valence-corrected chi connectivity index (χ4v) is 3.60. The number of nitrogens with zero attached hydrogens (tertiary/aromatic N) is 3. The molecule has 3 rings (SSSR count). The van der Waals surface area contributed by atoms with Gasteiger partial charge in [-0.3, -0.25) is 9.59 Å². The van der Waals surface area contributed by atoms with Gasteiger partial charge in [-0.1, -0.05) is 23.7 Å². The third-order valence-corrected chi connectivity index (χ3v) is 5.76. The molecule has 1 aromatic heterocycles. The van der Waals surface area contributed by atoms with Crippen molar-refractivity contribution in [1.82, 2.24) is 14.8 Å². The maximum atomic E-state index is 12.5. The van der Waals surface area contributed by atoms with Crippen molar-refractivity contribution in [1.29, 1.82) is 0 Å². The molecule has 0 aliphatic carbocycles. The molecule has 0 spiro atoms. The molecule has 2 unspecified atom stereocenters. The van der Waals surface area contributed by atoms with Gasteiger partial charge in [0, 0.05) is 16.3 Å². The number of aromatic nitrogens is 3. The molecule has 1 heterocycles. The third-order valence-electron chi connectivity index (χ3n) is 4.14. The minimum Gasteiger partial charge on any atom is -0.325 e. The Kier molecular flexibility index (Phi) is 6.90. The van der Waals surface area contributed by atoms with E-state index < -0.39 is 6.04 Å². The Labute approximate surface area is 177 Å². The molecule has 0 saturated heterocycles. The van der Waals surface area contributed by atoms with Crippen molar-refractivity contribution in [2.75, 3.05) is 10.6 Å². The number of thioether (sulfide) groups is 1. The normalized spacial score (nSPS) is 12.8. The molecule has 2 N–H and O–H groups in total. The zero-order valence-corrected chi connectivity index (χ0v) is 17.4. The van der Waals surface area contributed by atoms with Crippen molar-refractivity contribution >= 4 is 46.6 Å². The summed E-state index contributed by atoms with van der Waals surface area (Å²) in [6.45, 7) is 3.56. The van der Waals surface area contributed by atoms with Crippen LogP contribution in [0.15, 0.2) is 66.1 Å². The lowest BCUT2D eigenvalue weighted by Gasteiger charge is -2.14. The molecule has 0 aliphatic rings. The van der Waals surface area contributed by atoms with E-state index in [1.54, 1.807) is 37.3 Å². The van der Waals surface area contributed by atoms with Crippen LogP contribution in [-0.4, -0.2) is 31.8 Å². The number of hydrogen-bond donors (Lipinski definition) is 2. The number of hydrogen-bond acceptors (Lipinski definition) is 5. The maximum absolute atomic E-state index is 12.5. The summed E-state index contributed by atoms with van der Waals surface area (Å²) in [5, 5.41) is 9.95. The number of carbonyl (C=O) groups is 2. The van der Waals surface area contributed by atoms with E-state index in [1.807, 2.05) is 25.1 Å². The lowest BCUT2D eigenvalue weighted by molar-refractivity contribution is -0.119. The van der Waals surface area contributed by atoms with Crippen LogP contribution in [-0.2, 0) is 9.59 Å². The van der Waals surface area contributed by atoms with Crippen molar-refractivity contribution in [2.24, 2.45) is 0 Å². The number of nitrogens with one attached hydrogen (secondary N) is 2. The van der Waals surface area contributed by atoms with Crippen LogP contribution in [0.2, 0.25) is 5.02 Å². The molecule has 9 heteroatoms. The molecule has 0 bridgehead atoms. The Morgan fingerprint density at radius 1 is 1.00 bits per heavy atom. The maximum Gasteiger partial charge on any atom is 0.249 e. The van der Waals surface area contributed by atoms with Crippen LogP contribution in [0.1, 0.15) is 19.9 Å². The summed E-state index contributed by atoms with van der Waals surface area (Å²) in [6.07, 6.45) is 2.87. The van der Waals surface area contributed by atoms with E-state index in [-0.39, 0.29) is 17.1 Å². The predicted molar refractivity (Wildman–Crippen MR) is 115 cm³/mol.